The van der Waals surface area contributed by atoms with Crippen LogP contribution in [0.25, 0.3) is 0 Å². The minimum absolute atomic E-state index is 0.0407. The molecule has 3 aromatic rings. The highest BCUT2D eigenvalue weighted by Crippen LogP contribution is 2.22. The van der Waals surface area contributed by atoms with Crippen molar-refractivity contribution in [1.29, 1.82) is 0 Å². The first-order valence-electron chi connectivity index (χ1n) is 10.6. The van der Waals surface area contributed by atoms with Gasteiger partial charge in [0.15, 0.2) is 17.7 Å². The third-order valence-corrected chi connectivity index (χ3v) is 4.85. The number of rotatable bonds is 9. The van der Waals surface area contributed by atoms with Crippen molar-refractivity contribution in [1.82, 2.24) is 9.97 Å². The van der Waals surface area contributed by atoms with Crippen LogP contribution in [0.2, 0.25) is 0 Å². The molecular formula is C24H28FN5O2. The number of ether oxygens (including phenoxy) is 1. The van der Waals surface area contributed by atoms with Crippen LogP contribution in [0.5, 0.6) is 5.75 Å². The molecule has 2 aromatic carbocycles. The Morgan fingerprint density at radius 3 is 2.38 bits per heavy atom. The van der Waals surface area contributed by atoms with Gasteiger partial charge in [0.25, 0.3) is 5.91 Å². The number of carbonyl (C=O) groups excluding carboxylic acids is 1. The van der Waals surface area contributed by atoms with Gasteiger partial charge in [-0.1, -0.05) is 12.1 Å². The first kappa shape index (κ1) is 23.0. The van der Waals surface area contributed by atoms with Crippen LogP contribution in [0.4, 0.5) is 27.4 Å². The Morgan fingerprint density at radius 1 is 1.06 bits per heavy atom. The monoisotopic (exact) mass is 437 g/mol. The van der Waals surface area contributed by atoms with Crippen molar-refractivity contribution in [3.8, 4) is 5.75 Å². The van der Waals surface area contributed by atoms with Gasteiger partial charge in [0.2, 0.25) is 0 Å². The number of carbonyl (C=O) groups is 1. The summed E-state index contributed by atoms with van der Waals surface area (Å²) in [7, 11) is 0. The maximum absolute atomic E-state index is 13.7. The number of nitrogens with one attached hydrogen (secondary N) is 2. The molecule has 1 amide bonds. The van der Waals surface area contributed by atoms with E-state index in [0.29, 0.717) is 17.3 Å². The van der Waals surface area contributed by atoms with Crippen LogP contribution in [0.15, 0.2) is 54.6 Å². The summed E-state index contributed by atoms with van der Waals surface area (Å²) in [5, 5.41) is 6.05. The molecule has 1 aromatic heterocycles. The van der Waals surface area contributed by atoms with E-state index in [4.69, 9.17) is 4.74 Å². The predicted molar refractivity (Wildman–Crippen MR) is 125 cm³/mol. The van der Waals surface area contributed by atoms with Crippen molar-refractivity contribution < 1.29 is 13.9 Å². The van der Waals surface area contributed by atoms with Gasteiger partial charge in [0, 0.05) is 30.5 Å². The number of hydrogen-bond donors (Lipinski definition) is 2. The minimum Gasteiger partial charge on any atom is -0.478 e. The zero-order valence-corrected chi connectivity index (χ0v) is 18.7. The van der Waals surface area contributed by atoms with E-state index in [2.05, 4.69) is 39.3 Å². The van der Waals surface area contributed by atoms with Gasteiger partial charge in [0.05, 0.1) is 0 Å². The highest BCUT2D eigenvalue weighted by atomic mass is 19.1. The molecule has 1 atom stereocenters. The van der Waals surface area contributed by atoms with Crippen molar-refractivity contribution in [2.75, 3.05) is 28.6 Å². The van der Waals surface area contributed by atoms with E-state index in [1.54, 1.807) is 31.2 Å². The number of para-hydroxylation sites is 1. The zero-order chi connectivity index (χ0) is 23.1. The number of aryl methyl sites for hydroxylation is 1. The van der Waals surface area contributed by atoms with Crippen molar-refractivity contribution in [2.24, 2.45) is 0 Å². The second kappa shape index (κ2) is 10.6. The number of benzene rings is 2. The van der Waals surface area contributed by atoms with Crippen LogP contribution in [0.1, 0.15) is 26.6 Å². The van der Waals surface area contributed by atoms with Gasteiger partial charge in [-0.2, -0.15) is 0 Å². The molecule has 3 rings (SSSR count). The molecule has 8 heteroatoms. The fourth-order valence-corrected chi connectivity index (χ4v) is 3.14. The largest absolute Gasteiger partial charge is 0.478 e. The molecule has 0 aliphatic carbocycles. The smallest absolute Gasteiger partial charge is 0.265 e. The highest BCUT2D eigenvalue weighted by Gasteiger charge is 2.16. The molecule has 1 heterocycles. The van der Waals surface area contributed by atoms with Gasteiger partial charge in [-0.05, 0) is 64.1 Å². The molecular weight excluding hydrogens is 409 g/mol. The summed E-state index contributed by atoms with van der Waals surface area (Å²) in [5.74, 6) is 1.42. The lowest BCUT2D eigenvalue weighted by Crippen LogP contribution is -2.30. The maximum Gasteiger partial charge on any atom is 0.265 e. The van der Waals surface area contributed by atoms with Gasteiger partial charge < -0.3 is 20.3 Å². The fraction of sp³-hybridized carbons (Fsp3) is 0.292. The van der Waals surface area contributed by atoms with E-state index in [1.807, 2.05) is 25.1 Å². The molecule has 168 valence electrons. The molecule has 32 heavy (non-hydrogen) atoms. The molecule has 2 N–H and O–H groups in total. The van der Waals surface area contributed by atoms with Crippen LogP contribution in [0.3, 0.4) is 0 Å². The van der Waals surface area contributed by atoms with Crippen LogP contribution in [-0.2, 0) is 4.79 Å². The Balaban J connectivity index is 1.63. The average molecular weight is 438 g/mol. The molecule has 0 aliphatic heterocycles. The van der Waals surface area contributed by atoms with Crippen molar-refractivity contribution in [2.45, 2.75) is 33.8 Å². The second-order valence-corrected chi connectivity index (χ2v) is 7.21. The normalized spacial score (nSPS) is 11.5. The number of nitrogens with zero attached hydrogens (tertiary/aromatic N) is 3. The van der Waals surface area contributed by atoms with Crippen LogP contribution in [0, 0.1) is 12.7 Å². The number of hydrogen-bond acceptors (Lipinski definition) is 6. The lowest BCUT2D eigenvalue weighted by atomic mass is 10.2. The predicted octanol–water partition coefficient (Wildman–Crippen LogP) is 4.92. The Labute approximate surface area is 187 Å². The Morgan fingerprint density at radius 2 is 1.72 bits per heavy atom. The van der Waals surface area contributed by atoms with Gasteiger partial charge in [0.1, 0.15) is 17.5 Å². The summed E-state index contributed by atoms with van der Waals surface area (Å²) >= 11 is 0. The van der Waals surface area contributed by atoms with E-state index >= 15 is 0 Å². The van der Waals surface area contributed by atoms with Gasteiger partial charge in [-0.3, -0.25) is 4.79 Å². The SMILES string of the molecule is CCN(CC)c1cc(Nc2ccc(NC(=O)C(C)Oc3ccccc3F)cc2)nc(C)n1. The molecule has 7 nitrogen and oxygen atoms in total. The number of halogens is 1. The topological polar surface area (TPSA) is 79.4 Å². The summed E-state index contributed by atoms with van der Waals surface area (Å²) in [4.78, 5) is 23.5. The first-order chi connectivity index (χ1) is 15.4. The number of amides is 1. The summed E-state index contributed by atoms with van der Waals surface area (Å²) < 4.78 is 19.1. The van der Waals surface area contributed by atoms with Crippen LogP contribution in [-0.4, -0.2) is 35.1 Å². The zero-order valence-electron chi connectivity index (χ0n) is 18.7. The Hall–Kier alpha value is -3.68. The average Bonchev–Trinajstić information content (AvgIpc) is 2.77. The first-order valence-corrected chi connectivity index (χ1v) is 10.6. The number of aromatic nitrogens is 2. The molecule has 0 saturated heterocycles. The van der Waals surface area contributed by atoms with E-state index in [-0.39, 0.29) is 11.7 Å². The fourth-order valence-electron chi connectivity index (χ4n) is 3.14. The third-order valence-electron chi connectivity index (χ3n) is 4.85. The van der Waals surface area contributed by atoms with E-state index in [0.717, 1.165) is 24.6 Å². The molecule has 0 radical (unpaired) electrons. The maximum atomic E-state index is 13.7. The number of anilines is 4. The van der Waals surface area contributed by atoms with Crippen molar-refractivity contribution >= 4 is 28.9 Å². The second-order valence-electron chi connectivity index (χ2n) is 7.21. The van der Waals surface area contributed by atoms with Crippen molar-refractivity contribution in [3.63, 3.8) is 0 Å². The molecule has 0 bridgehead atoms. The highest BCUT2D eigenvalue weighted by molar-refractivity contribution is 5.94. The summed E-state index contributed by atoms with van der Waals surface area (Å²) in [6, 6.07) is 15.1. The molecule has 1 unspecified atom stereocenters. The van der Waals surface area contributed by atoms with E-state index in [1.165, 1.54) is 12.1 Å². The summed E-state index contributed by atoms with van der Waals surface area (Å²) in [6.07, 6.45) is -0.854. The van der Waals surface area contributed by atoms with Gasteiger partial charge in [-0.15, -0.1) is 0 Å². The van der Waals surface area contributed by atoms with Gasteiger partial charge >= 0.3 is 0 Å². The molecule has 0 spiro atoms. The van der Waals surface area contributed by atoms with Crippen LogP contribution < -0.4 is 20.3 Å². The third kappa shape index (κ3) is 5.94. The summed E-state index contributed by atoms with van der Waals surface area (Å²) in [6.45, 7) is 9.33. The molecule has 0 saturated carbocycles. The minimum atomic E-state index is -0.854. The molecule has 0 fully saturated rings. The lowest BCUT2D eigenvalue weighted by molar-refractivity contribution is -0.122. The van der Waals surface area contributed by atoms with Gasteiger partial charge in [-0.25, -0.2) is 14.4 Å². The quantitative estimate of drug-likeness (QED) is 0.495. The van der Waals surface area contributed by atoms with E-state index in [9.17, 15) is 9.18 Å². The molecule has 0 aliphatic rings. The van der Waals surface area contributed by atoms with Crippen LogP contribution >= 0.6 is 0 Å². The van der Waals surface area contributed by atoms with E-state index < -0.39 is 11.9 Å². The lowest BCUT2D eigenvalue weighted by Gasteiger charge is -2.20. The standard InChI is InChI=1S/C24H28FN5O2/c1-5-30(6-2)23-15-22(26-17(4)27-23)28-18-11-13-19(14-12-18)29-24(31)16(3)32-21-10-8-7-9-20(21)25/h7-16H,5-6H2,1-4H3,(H,29,31)(H,26,27,28). The Kier molecular flexibility index (Phi) is 7.59. The summed E-state index contributed by atoms with van der Waals surface area (Å²) in [5.41, 5.74) is 1.43. The van der Waals surface area contributed by atoms with Crippen molar-refractivity contribution in [3.05, 3.63) is 66.2 Å². The Bertz CT molecular complexity index is 1050.